The standard InChI is InChI=1S/C9H12N2.2ClH/c1-2-6-10-9(3-1)11-7-8-4-5-8;;/h1-3,6,8H,4-5,7H2,(H,10,11);2*1H. The summed E-state index contributed by atoms with van der Waals surface area (Å²) in [6.45, 7) is 1.09. The first-order chi connectivity index (χ1) is 5.45. The Balaban J connectivity index is 0.000000720. The highest BCUT2D eigenvalue weighted by Gasteiger charge is 2.20. The van der Waals surface area contributed by atoms with Crippen LogP contribution in [0.3, 0.4) is 0 Å². The highest BCUT2D eigenvalue weighted by molar-refractivity contribution is 5.85. The molecule has 74 valence electrons. The Hall–Kier alpha value is -0.470. The van der Waals surface area contributed by atoms with E-state index >= 15 is 0 Å². The molecular formula is C9H14Cl2N2. The molecule has 1 aliphatic rings. The molecular weight excluding hydrogens is 207 g/mol. The predicted molar refractivity (Wildman–Crippen MR) is 59.9 cm³/mol. The second kappa shape index (κ2) is 6.06. The number of nitrogens with zero attached hydrogens (tertiary/aromatic N) is 1. The van der Waals surface area contributed by atoms with Gasteiger partial charge in [0.05, 0.1) is 0 Å². The second-order valence-electron chi connectivity index (χ2n) is 3.04. The van der Waals surface area contributed by atoms with Crippen molar-refractivity contribution < 1.29 is 0 Å². The number of nitrogens with one attached hydrogen (secondary N) is 1. The van der Waals surface area contributed by atoms with Gasteiger partial charge >= 0.3 is 0 Å². The van der Waals surface area contributed by atoms with Crippen LogP contribution in [-0.4, -0.2) is 11.5 Å². The third-order valence-corrected chi connectivity index (χ3v) is 1.93. The molecule has 0 radical (unpaired) electrons. The van der Waals surface area contributed by atoms with Crippen LogP contribution >= 0.6 is 24.8 Å². The van der Waals surface area contributed by atoms with Crippen molar-refractivity contribution in [3.05, 3.63) is 24.4 Å². The summed E-state index contributed by atoms with van der Waals surface area (Å²) >= 11 is 0. The maximum Gasteiger partial charge on any atom is 0.125 e. The van der Waals surface area contributed by atoms with Crippen LogP contribution in [0, 0.1) is 5.92 Å². The third kappa shape index (κ3) is 4.34. The van der Waals surface area contributed by atoms with Gasteiger partial charge in [-0.15, -0.1) is 24.8 Å². The van der Waals surface area contributed by atoms with Gasteiger partial charge in [-0.3, -0.25) is 0 Å². The molecule has 1 aromatic rings. The van der Waals surface area contributed by atoms with Crippen LogP contribution in [-0.2, 0) is 0 Å². The molecule has 1 aromatic heterocycles. The number of hydrogen-bond donors (Lipinski definition) is 1. The topological polar surface area (TPSA) is 24.9 Å². The Morgan fingerprint density at radius 3 is 2.62 bits per heavy atom. The second-order valence-corrected chi connectivity index (χ2v) is 3.04. The highest BCUT2D eigenvalue weighted by Crippen LogP contribution is 2.28. The fourth-order valence-corrected chi connectivity index (χ4v) is 1.04. The largest absolute Gasteiger partial charge is 0.370 e. The normalized spacial score (nSPS) is 13.8. The lowest BCUT2D eigenvalue weighted by Crippen LogP contribution is -2.03. The van der Waals surface area contributed by atoms with Crippen molar-refractivity contribution >= 4 is 30.6 Å². The first-order valence-corrected chi connectivity index (χ1v) is 4.10. The summed E-state index contributed by atoms with van der Waals surface area (Å²) in [5, 5.41) is 3.30. The van der Waals surface area contributed by atoms with Gasteiger partial charge in [-0.1, -0.05) is 6.07 Å². The van der Waals surface area contributed by atoms with Gasteiger partial charge in [-0.25, -0.2) is 4.98 Å². The average molecular weight is 221 g/mol. The SMILES string of the molecule is Cl.Cl.c1ccc(NCC2CC2)nc1. The maximum atomic E-state index is 4.17. The van der Waals surface area contributed by atoms with Gasteiger partial charge in [-0.2, -0.15) is 0 Å². The Bertz CT molecular complexity index is 224. The Morgan fingerprint density at radius 2 is 2.08 bits per heavy atom. The number of hydrogen-bond acceptors (Lipinski definition) is 2. The van der Waals surface area contributed by atoms with E-state index in [1.54, 1.807) is 0 Å². The fraction of sp³-hybridized carbons (Fsp3) is 0.444. The minimum Gasteiger partial charge on any atom is -0.370 e. The van der Waals surface area contributed by atoms with Crippen molar-refractivity contribution in [1.82, 2.24) is 4.98 Å². The van der Waals surface area contributed by atoms with Gasteiger partial charge in [-0.05, 0) is 30.9 Å². The molecule has 0 atom stereocenters. The molecule has 1 saturated carbocycles. The van der Waals surface area contributed by atoms with Crippen molar-refractivity contribution in [2.75, 3.05) is 11.9 Å². The van der Waals surface area contributed by atoms with E-state index < -0.39 is 0 Å². The molecule has 0 aromatic carbocycles. The summed E-state index contributed by atoms with van der Waals surface area (Å²) in [6, 6.07) is 5.94. The molecule has 0 saturated heterocycles. The molecule has 1 N–H and O–H groups in total. The summed E-state index contributed by atoms with van der Waals surface area (Å²) in [5.74, 6) is 1.91. The van der Waals surface area contributed by atoms with Crippen molar-refractivity contribution in [3.63, 3.8) is 0 Å². The monoisotopic (exact) mass is 220 g/mol. The minimum atomic E-state index is 0. The van der Waals surface area contributed by atoms with Crippen molar-refractivity contribution in [3.8, 4) is 0 Å². The number of rotatable bonds is 3. The molecule has 0 aliphatic heterocycles. The van der Waals surface area contributed by atoms with Gasteiger partial charge in [0.15, 0.2) is 0 Å². The number of aromatic nitrogens is 1. The Kier molecular flexibility index (Phi) is 5.84. The van der Waals surface area contributed by atoms with Crippen molar-refractivity contribution in [1.29, 1.82) is 0 Å². The zero-order valence-electron chi connectivity index (χ0n) is 7.27. The summed E-state index contributed by atoms with van der Waals surface area (Å²) in [5.41, 5.74) is 0. The molecule has 2 rings (SSSR count). The van der Waals surface area contributed by atoms with Crippen molar-refractivity contribution in [2.45, 2.75) is 12.8 Å². The molecule has 13 heavy (non-hydrogen) atoms. The lowest BCUT2D eigenvalue weighted by Gasteiger charge is -2.01. The van der Waals surface area contributed by atoms with E-state index in [9.17, 15) is 0 Å². The summed E-state index contributed by atoms with van der Waals surface area (Å²) < 4.78 is 0. The minimum absolute atomic E-state index is 0. The van der Waals surface area contributed by atoms with Crippen LogP contribution in [0.4, 0.5) is 5.82 Å². The molecule has 0 unspecified atom stereocenters. The summed E-state index contributed by atoms with van der Waals surface area (Å²) in [4.78, 5) is 4.17. The smallest absolute Gasteiger partial charge is 0.125 e. The highest BCUT2D eigenvalue weighted by atomic mass is 35.5. The predicted octanol–water partition coefficient (Wildman–Crippen LogP) is 2.75. The van der Waals surface area contributed by atoms with Gasteiger partial charge in [0.2, 0.25) is 0 Å². The zero-order chi connectivity index (χ0) is 7.52. The zero-order valence-corrected chi connectivity index (χ0v) is 8.90. The van der Waals surface area contributed by atoms with Crippen LogP contribution < -0.4 is 5.32 Å². The quantitative estimate of drug-likeness (QED) is 0.848. The lowest BCUT2D eigenvalue weighted by molar-refractivity contribution is 0.883. The van der Waals surface area contributed by atoms with E-state index in [1.165, 1.54) is 12.8 Å². The van der Waals surface area contributed by atoms with Gasteiger partial charge in [0.1, 0.15) is 5.82 Å². The van der Waals surface area contributed by atoms with Crippen LogP contribution in [0.25, 0.3) is 0 Å². The molecule has 0 bridgehead atoms. The van der Waals surface area contributed by atoms with E-state index in [0.717, 1.165) is 18.3 Å². The van der Waals surface area contributed by atoms with Crippen LogP contribution in [0.1, 0.15) is 12.8 Å². The van der Waals surface area contributed by atoms with Crippen LogP contribution in [0.5, 0.6) is 0 Å². The van der Waals surface area contributed by atoms with Crippen LogP contribution in [0.2, 0.25) is 0 Å². The van der Waals surface area contributed by atoms with Gasteiger partial charge < -0.3 is 5.32 Å². The summed E-state index contributed by atoms with van der Waals surface area (Å²) in [6.07, 6.45) is 4.59. The first kappa shape index (κ1) is 12.5. The molecule has 1 fully saturated rings. The molecule has 1 aliphatic carbocycles. The lowest BCUT2D eigenvalue weighted by atomic mass is 10.4. The summed E-state index contributed by atoms with van der Waals surface area (Å²) in [7, 11) is 0. The number of halogens is 2. The molecule has 4 heteroatoms. The molecule has 0 spiro atoms. The molecule has 2 nitrogen and oxygen atoms in total. The van der Waals surface area contributed by atoms with Gasteiger partial charge in [0.25, 0.3) is 0 Å². The fourth-order valence-electron chi connectivity index (χ4n) is 1.04. The first-order valence-electron chi connectivity index (χ1n) is 4.10. The Morgan fingerprint density at radius 1 is 1.31 bits per heavy atom. The van der Waals surface area contributed by atoms with E-state index in [1.807, 2.05) is 24.4 Å². The Labute approximate surface area is 91.0 Å². The number of pyridine rings is 1. The van der Waals surface area contributed by atoms with Crippen LogP contribution in [0.15, 0.2) is 24.4 Å². The van der Waals surface area contributed by atoms with E-state index in [-0.39, 0.29) is 24.8 Å². The molecule has 0 amide bonds. The van der Waals surface area contributed by atoms with E-state index in [0.29, 0.717) is 0 Å². The van der Waals surface area contributed by atoms with Gasteiger partial charge in [0, 0.05) is 12.7 Å². The van der Waals surface area contributed by atoms with Crippen molar-refractivity contribution in [2.24, 2.45) is 5.92 Å². The van der Waals surface area contributed by atoms with E-state index in [4.69, 9.17) is 0 Å². The average Bonchev–Trinajstić information content (AvgIpc) is 2.86. The third-order valence-electron chi connectivity index (χ3n) is 1.93. The number of anilines is 1. The van der Waals surface area contributed by atoms with E-state index in [2.05, 4.69) is 10.3 Å². The molecule has 1 heterocycles. The maximum absolute atomic E-state index is 4.17.